The van der Waals surface area contributed by atoms with Gasteiger partial charge in [0.1, 0.15) is 11.6 Å². The lowest BCUT2D eigenvalue weighted by Gasteiger charge is -2.32. The standard InChI is InChI=1S/C62H50N2O2S2/c1-5-61(6-2)52-34-40(57-30-25-46(67-57)33-43(38-63)60(65)66)21-26-48(52)49-27-22-41(35-53(49)61)58-31-32-59(68-58)42-23-28-50-51-29-24-45(37-55(51)62(7-3,8-4)54(50)36-42)64(44-17-10-9-11-18-44)56-20-14-16-39-15-12-13-19-47(39)56/h9-37H,5-8H2,1-4H3,(H,65,66)/b43-33+. The fraction of sp³-hybridized carbons (Fsp3) is 0.161. The van der Waals surface area contributed by atoms with Gasteiger partial charge in [0.15, 0.2) is 0 Å². The Morgan fingerprint density at radius 1 is 0.544 bits per heavy atom. The van der Waals surface area contributed by atoms with Gasteiger partial charge in [-0.25, -0.2) is 4.79 Å². The molecule has 2 aliphatic carbocycles. The molecule has 11 rings (SSSR count). The number of rotatable bonds is 12. The van der Waals surface area contributed by atoms with Crippen molar-refractivity contribution in [3.8, 4) is 59.6 Å². The molecular weight excluding hydrogens is 869 g/mol. The molecule has 2 heterocycles. The van der Waals surface area contributed by atoms with E-state index in [1.54, 1.807) is 6.07 Å². The van der Waals surface area contributed by atoms with Gasteiger partial charge in [0.05, 0.1) is 5.69 Å². The molecule has 0 unspecified atom stereocenters. The highest BCUT2D eigenvalue weighted by Crippen LogP contribution is 2.57. The SMILES string of the molecule is CCC1(CC)c2cc(-c3ccc(/C=C(\C#N)C(=O)O)s3)ccc2-c2ccc(-c3ccc(-c4ccc5c(c4)C(CC)(CC)c4cc(N(c6ccccc6)c6cccc7ccccc67)ccc4-5)s3)cc21. The summed E-state index contributed by atoms with van der Waals surface area (Å²) in [6.45, 7) is 9.32. The Morgan fingerprint density at radius 2 is 1.03 bits per heavy atom. The molecule has 1 N–H and O–H groups in total. The normalized spacial score (nSPS) is 14.0. The minimum Gasteiger partial charge on any atom is -0.477 e. The number of para-hydroxylation sites is 1. The van der Waals surface area contributed by atoms with E-state index in [9.17, 15) is 15.2 Å². The largest absolute Gasteiger partial charge is 0.477 e. The highest BCUT2D eigenvalue weighted by Gasteiger charge is 2.42. The Hall–Kier alpha value is -7.30. The average molecular weight is 919 g/mol. The quantitative estimate of drug-likeness (QED) is 0.0979. The zero-order valence-electron chi connectivity index (χ0n) is 38.6. The van der Waals surface area contributed by atoms with Crippen LogP contribution >= 0.6 is 22.7 Å². The summed E-state index contributed by atoms with van der Waals surface area (Å²) in [5.74, 6) is -1.21. The molecule has 6 heteroatoms. The molecule has 0 saturated carbocycles. The fourth-order valence-corrected chi connectivity index (χ4v) is 13.5. The van der Waals surface area contributed by atoms with Gasteiger partial charge in [-0.05, 0) is 171 Å². The Labute approximate surface area is 406 Å². The van der Waals surface area contributed by atoms with Gasteiger partial charge in [-0.3, -0.25) is 0 Å². The summed E-state index contributed by atoms with van der Waals surface area (Å²) < 4.78 is 0. The highest BCUT2D eigenvalue weighted by atomic mass is 32.1. The van der Waals surface area contributed by atoms with Gasteiger partial charge < -0.3 is 10.0 Å². The van der Waals surface area contributed by atoms with Crippen LogP contribution in [-0.2, 0) is 15.6 Å². The summed E-state index contributed by atoms with van der Waals surface area (Å²) in [5, 5.41) is 21.2. The second-order valence-corrected chi connectivity index (χ2v) is 20.3. The molecule has 2 aliphatic rings. The van der Waals surface area contributed by atoms with E-state index in [4.69, 9.17) is 0 Å². The molecule has 0 amide bonds. The van der Waals surface area contributed by atoms with Crippen LogP contribution in [0.3, 0.4) is 0 Å². The average Bonchev–Trinajstić information content (AvgIpc) is 4.18. The van der Waals surface area contributed by atoms with E-state index >= 15 is 0 Å². The number of carbonyl (C=O) groups is 1. The first-order valence-electron chi connectivity index (χ1n) is 23.7. The molecule has 2 aromatic heterocycles. The Bertz CT molecular complexity index is 3520. The van der Waals surface area contributed by atoms with Gasteiger partial charge >= 0.3 is 5.97 Å². The number of carboxylic acids is 1. The van der Waals surface area contributed by atoms with E-state index in [0.717, 1.165) is 46.7 Å². The third-order valence-corrected chi connectivity index (χ3v) is 17.4. The maximum Gasteiger partial charge on any atom is 0.346 e. The fourth-order valence-electron chi connectivity index (χ4n) is 11.5. The van der Waals surface area contributed by atoms with Crippen molar-refractivity contribution in [3.63, 3.8) is 0 Å². The van der Waals surface area contributed by atoms with Gasteiger partial charge in [-0.1, -0.05) is 125 Å². The van der Waals surface area contributed by atoms with Crippen LogP contribution in [0.25, 0.3) is 70.4 Å². The number of aliphatic carboxylic acids is 1. The van der Waals surface area contributed by atoms with Crippen LogP contribution in [0.15, 0.2) is 175 Å². The van der Waals surface area contributed by atoms with Crippen LogP contribution in [-0.4, -0.2) is 11.1 Å². The van der Waals surface area contributed by atoms with Gasteiger partial charge in [0.2, 0.25) is 0 Å². The zero-order valence-corrected chi connectivity index (χ0v) is 40.3. The number of hydrogen-bond acceptors (Lipinski definition) is 5. The molecule has 9 aromatic rings. The first-order valence-corrected chi connectivity index (χ1v) is 25.3. The van der Waals surface area contributed by atoms with Crippen LogP contribution in [0.2, 0.25) is 0 Å². The van der Waals surface area contributed by atoms with E-state index in [1.807, 2.05) is 23.5 Å². The molecule has 4 nitrogen and oxygen atoms in total. The molecule has 0 saturated heterocycles. The minimum atomic E-state index is -1.21. The second-order valence-electron chi connectivity index (χ2n) is 18.1. The van der Waals surface area contributed by atoms with Gasteiger partial charge in [-0.15, -0.1) is 22.7 Å². The highest BCUT2D eigenvalue weighted by molar-refractivity contribution is 7.18. The van der Waals surface area contributed by atoms with Crippen LogP contribution in [0.5, 0.6) is 0 Å². The van der Waals surface area contributed by atoms with E-state index in [0.29, 0.717) is 0 Å². The predicted octanol–water partition coefficient (Wildman–Crippen LogP) is 17.6. The van der Waals surface area contributed by atoms with Crippen molar-refractivity contribution in [2.45, 2.75) is 64.2 Å². The summed E-state index contributed by atoms with van der Waals surface area (Å²) in [7, 11) is 0. The first-order chi connectivity index (χ1) is 33.2. The first kappa shape index (κ1) is 43.3. The molecule has 0 fully saturated rings. The van der Waals surface area contributed by atoms with Gasteiger partial charge in [0.25, 0.3) is 0 Å². The molecule has 332 valence electrons. The number of nitriles is 1. The summed E-state index contributed by atoms with van der Waals surface area (Å²) in [6.07, 6.45) is 5.40. The van der Waals surface area contributed by atoms with E-state index < -0.39 is 5.97 Å². The molecule has 0 aliphatic heterocycles. The topological polar surface area (TPSA) is 64.3 Å². The van der Waals surface area contributed by atoms with Gasteiger partial charge in [0, 0.05) is 47.1 Å². The Balaban J connectivity index is 0.925. The second kappa shape index (κ2) is 17.1. The van der Waals surface area contributed by atoms with E-state index in [2.05, 4.69) is 190 Å². The van der Waals surface area contributed by atoms with E-state index in [1.165, 1.54) is 105 Å². The number of anilines is 3. The number of benzene rings is 7. The van der Waals surface area contributed by atoms with Crippen LogP contribution in [0.4, 0.5) is 17.1 Å². The van der Waals surface area contributed by atoms with Crippen LogP contribution < -0.4 is 4.90 Å². The number of hydrogen-bond donors (Lipinski definition) is 1. The number of nitrogens with zero attached hydrogens (tertiary/aromatic N) is 2. The summed E-state index contributed by atoms with van der Waals surface area (Å²) in [6, 6.07) is 64.6. The van der Waals surface area contributed by atoms with Gasteiger partial charge in [-0.2, -0.15) is 5.26 Å². The predicted molar refractivity (Wildman–Crippen MR) is 286 cm³/mol. The Morgan fingerprint density at radius 3 is 1.57 bits per heavy atom. The zero-order chi connectivity index (χ0) is 46.7. The monoisotopic (exact) mass is 918 g/mol. The van der Waals surface area contributed by atoms with Crippen molar-refractivity contribution in [2.24, 2.45) is 0 Å². The third kappa shape index (κ3) is 6.79. The van der Waals surface area contributed by atoms with Crippen molar-refractivity contribution >= 4 is 62.6 Å². The van der Waals surface area contributed by atoms with E-state index in [-0.39, 0.29) is 16.4 Å². The van der Waals surface area contributed by atoms with Crippen molar-refractivity contribution < 1.29 is 9.90 Å². The molecular formula is C62H50N2O2S2. The lowest BCUT2D eigenvalue weighted by atomic mass is 9.73. The van der Waals surface area contributed by atoms with Crippen LogP contribution in [0, 0.1) is 11.3 Å². The van der Waals surface area contributed by atoms with Crippen LogP contribution in [0.1, 0.15) is 80.5 Å². The third-order valence-electron chi connectivity index (χ3n) is 15.1. The molecule has 0 radical (unpaired) electrons. The maximum atomic E-state index is 11.5. The number of fused-ring (bicyclic) bond motifs is 7. The smallest absolute Gasteiger partial charge is 0.346 e. The maximum absolute atomic E-state index is 11.5. The van der Waals surface area contributed by atoms with Crippen molar-refractivity contribution in [1.29, 1.82) is 5.26 Å². The minimum absolute atomic E-state index is 0.125. The van der Waals surface area contributed by atoms with Crippen molar-refractivity contribution in [3.05, 3.63) is 203 Å². The molecule has 68 heavy (non-hydrogen) atoms. The molecule has 0 bridgehead atoms. The summed E-state index contributed by atoms with van der Waals surface area (Å²) in [4.78, 5) is 18.3. The lowest BCUT2D eigenvalue weighted by Crippen LogP contribution is -2.23. The molecule has 0 atom stereocenters. The molecule has 0 spiro atoms. The number of carboxylic acid groups (broad SMARTS) is 1. The Kier molecular flexibility index (Phi) is 10.9. The summed E-state index contributed by atoms with van der Waals surface area (Å²) >= 11 is 3.38. The lowest BCUT2D eigenvalue weighted by molar-refractivity contribution is -0.132. The molecule has 7 aromatic carbocycles. The van der Waals surface area contributed by atoms with Crippen molar-refractivity contribution in [1.82, 2.24) is 0 Å². The number of thiophene rings is 2. The summed E-state index contributed by atoms with van der Waals surface area (Å²) in [5.41, 5.74) is 17.4. The van der Waals surface area contributed by atoms with Crippen molar-refractivity contribution in [2.75, 3.05) is 4.90 Å².